The molecular weight excluding hydrogens is 548 g/mol. The van der Waals surface area contributed by atoms with Crippen molar-refractivity contribution in [2.24, 2.45) is 17.8 Å². The standard InChI is InChI=1S/C32H42N6O5/c1-5-15-35-16-9-13-31(6-2)25(28(35)40)26-29(41)38(22(19-39)18-21(3)4)27-30(42)36(17-10-14-32(26,27)43-31)20-37-24-12-8-7-11-23(24)33-34-37/h7-14,21-22,25-27,39H,5-6,15-20H2,1-4H3/t22-,25+,26+,27?,31-,32+/m1/s1. The molecule has 0 saturated carbocycles. The van der Waals surface area contributed by atoms with Crippen LogP contribution in [0.15, 0.2) is 48.6 Å². The molecule has 4 aliphatic heterocycles. The molecular formula is C32H42N6O5. The average Bonchev–Trinajstić information content (AvgIpc) is 3.54. The summed E-state index contributed by atoms with van der Waals surface area (Å²) in [6.07, 6.45) is 9.42. The Morgan fingerprint density at radius 2 is 1.74 bits per heavy atom. The van der Waals surface area contributed by atoms with Crippen LogP contribution in [0.1, 0.15) is 47.0 Å². The minimum atomic E-state index is -1.37. The Morgan fingerprint density at radius 1 is 1.00 bits per heavy atom. The highest BCUT2D eigenvalue weighted by Gasteiger charge is 2.75. The van der Waals surface area contributed by atoms with Crippen molar-refractivity contribution in [3.8, 4) is 0 Å². The van der Waals surface area contributed by atoms with E-state index in [1.54, 1.807) is 19.4 Å². The molecule has 2 fully saturated rings. The fourth-order valence-electron chi connectivity index (χ4n) is 7.79. The van der Waals surface area contributed by atoms with Crippen LogP contribution in [0.3, 0.4) is 0 Å². The Hall–Kier alpha value is -3.57. The number of hydrogen-bond donors (Lipinski definition) is 1. The third-order valence-electron chi connectivity index (χ3n) is 9.61. The summed E-state index contributed by atoms with van der Waals surface area (Å²) in [6.45, 7) is 9.17. The number of ether oxygens (including phenoxy) is 1. The van der Waals surface area contributed by atoms with Crippen molar-refractivity contribution < 1.29 is 24.2 Å². The number of hydrogen-bond acceptors (Lipinski definition) is 7. The van der Waals surface area contributed by atoms with Gasteiger partial charge in [0.15, 0.2) is 0 Å². The van der Waals surface area contributed by atoms with E-state index in [4.69, 9.17) is 4.74 Å². The second-order valence-electron chi connectivity index (χ2n) is 12.7. The normalized spacial score (nSPS) is 31.1. The number of carbonyl (C=O) groups is 3. The average molecular weight is 591 g/mol. The molecule has 1 unspecified atom stereocenters. The van der Waals surface area contributed by atoms with Crippen molar-refractivity contribution in [2.45, 2.75) is 76.9 Å². The molecule has 11 heteroatoms. The minimum absolute atomic E-state index is 0.120. The molecule has 43 heavy (non-hydrogen) atoms. The van der Waals surface area contributed by atoms with Crippen molar-refractivity contribution >= 4 is 28.8 Å². The number of likely N-dealkylation sites (tertiary alicyclic amines) is 1. The van der Waals surface area contributed by atoms with Crippen LogP contribution >= 0.6 is 0 Å². The number of aromatic nitrogens is 3. The Morgan fingerprint density at radius 3 is 2.47 bits per heavy atom. The monoisotopic (exact) mass is 590 g/mol. The SMILES string of the molecule is CCCN1CC=C[C@@]2(CC)O[C@]34C=CCN(Cn5nnc6ccccc65)C(=O)C3N([C@@H](CO)CC(C)C)C(=O)[C@@H]4[C@H]2C1=O. The van der Waals surface area contributed by atoms with E-state index in [2.05, 4.69) is 10.3 Å². The molecule has 1 spiro atoms. The topological polar surface area (TPSA) is 121 Å². The molecule has 0 radical (unpaired) electrons. The molecule has 6 rings (SSSR count). The van der Waals surface area contributed by atoms with Crippen LogP contribution in [0.2, 0.25) is 0 Å². The van der Waals surface area contributed by atoms with E-state index in [0.717, 1.165) is 17.5 Å². The number of fused-ring (bicyclic) bond motifs is 3. The maximum Gasteiger partial charge on any atom is 0.250 e. The van der Waals surface area contributed by atoms with Crippen LogP contribution in [0.25, 0.3) is 11.0 Å². The van der Waals surface area contributed by atoms with E-state index in [9.17, 15) is 19.5 Å². The van der Waals surface area contributed by atoms with E-state index in [1.165, 1.54) is 0 Å². The smallest absolute Gasteiger partial charge is 0.250 e. The maximum atomic E-state index is 14.8. The summed E-state index contributed by atoms with van der Waals surface area (Å²) in [6, 6.07) is 5.90. The molecule has 0 aliphatic carbocycles. The summed E-state index contributed by atoms with van der Waals surface area (Å²) in [5.41, 5.74) is -0.885. The van der Waals surface area contributed by atoms with E-state index in [0.29, 0.717) is 25.9 Å². The second kappa shape index (κ2) is 11.2. The number of benzene rings is 1. The third-order valence-corrected chi connectivity index (χ3v) is 9.61. The molecule has 1 aromatic carbocycles. The van der Waals surface area contributed by atoms with Gasteiger partial charge in [0.25, 0.3) is 5.91 Å². The summed E-state index contributed by atoms with van der Waals surface area (Å²) >= 11 is 0. The minimum Gasteiger partial charge on any atom is -0.394 e. The number of rotatable bonds is 9. The van der Waals surface area contributed by atoms with Gasteiger partial charge in [-0.2, -0.15) is 0 Å². The Balaban J connectivity index is 1.47. The maximum absolute atomic E-state index is 14.8. The lowest BCUT2D eigenvalue weighted by Gasteiger charge is -2.41. The van der Waals surface area contributed by atoms with E-state index in [1.807, 2.05) is 76.3 Å². The van der Waals surface area contributed by atoms with Gasteiger partial charge in [-0.25, -0.2) is 4.68 Å². The summed E-state index contributed by atoms with van der Waals surface area (Å²) in [4.78, 5) is 48.8. The van der Waals surface area contributed by atoms with Crippen molar-refractivity contribution in [3.63, 3.8) is 0 Å². The zero-order valence-corrected chi connectivity index (χ0v) is 25.4. The largest absolute Gasteiger partial charge is 0.394 e. The van der Waals surface area contributed by atoms with Gasteiger partial charge in [0.2, 0.25) is 11.8 Å². The first-order chi connectivity index (χ1) is 20.7. The molecule has 1 N–H and O–H groups in total. The molecule has 11 nitrogen and oxygen atoms in total. The van der Waals surface area contributed by atoms with Gasteiger partial charge in [0.05, 0.1) is 35.6 Å². The second-order valence-corrected chi connectivity index (χ2v) is 12.7. The number of aliphatic hydroxyl groups excluding tert-OH is 1. The Kier molecular flexibility index (Phi) is 7.66. The summed E-state index contributed by atoms with van der Waals surface area (Å²) in [5.74, 6) is -2.26. The predicted octanol–water partition coefficient (Wildman–Crippen LogP) is 2.36. The first-order valence-corrected chi connectivity index (χ1v) is 15.6. The van der Waals surface area contributed by atoms with Gasteiger partial charge in [0.1, 0.15) is 23.8 Å². The third kappa shape index (κ3) is 4.50. The summed E-state index contributed by atoms with van der Waals surface area (Å²) in [5, 5.41) is 19.1. The molecule has 6 atom stereocenters. The lowest BCUT2D eigenvalue weighted by Crippen LogP contribution is -2.59. The number of carbonyl (C=O) groups excluding carboxylic acids is 3. The van der Waals surface area contributed by atoms with Gasteiger partial charge in [0, 0.05) is 19.6 Å². The zero-order valence-electron chi connectivity index (χ0n) is 25.4. The van der Waals surface area contributed by atoms with Gasteiger partial charge < -0.3 is 24.5 Å². The van der Waals surface area contributed by atoms with Crippen LogP contribution in [0.4, 0.5) is 0 Å². The molecule has 2 saturated heterocycles. The fraction of sp³-hybridized carbons (Fsp3) is 0.594. The molecule has 0 bridgehead atoms. The lowest BCUT2D eigenvalue weighted by atomic mass is 9.73. The van der Waals surface area contributed by atoms with Gasteiger partial charge in [-0.15, -0.1) is 5.10 Å². The molecule has 230 valence electrons. The van der Waals surface area contributed by atoms with Crippen molar-refractivity contribution in [2.75, 3.05) is 26.2 Å². The quantitative estimate of drug-likeness (QED) is 0.445. The fourth-order valence-corrected chi connectivity index (χ4v) is 7.79. The van der Waals surface area contributed by atoms with Gasteiger partial charge >= 0.3 is 0 Å². The highest BCUT2D eigenvalue weighted by atomic mass is 16.5. The van der Waals surface area contributed by atoms with Crippen LogP contribution in [0, 0.1) is 17.8 Å². The van der Waals surface area contributed by atoms with Crippen LogP contribution < -0.4 is 0 Å². The van der Waals surface area contributed by atoms with Gasteiger partial charge in [-0.05, 0) is 37.3 Å². The molecule has 2 aromatic rings. The molecule has 3 amide bonds. The Labute approximate surface area is 252 Å². The van der Waals surface area contributed by atoms with E-state index >= 15 is 0 Å². The first kappa shape index (κ1) is 29.5. The van der Waals surface area contributed by atoms with Gasteiger partial charge in [-0.3, -0.25) is 14.4 Å². The van der Waals surface area contributed by atoms with Crippen molar-refractivity contribution in [1.29, 1.82) is 0 Å². The zero-order chi connectivity index (χ0) is 30.5. The number of amides is 3. The van der Waals surface area contributed by atoms with Crippen LogP contribution in [0.5, 0.6) is 0 Å². The Bertz CT molecular complexity index is 1470. The van der Waals surface area contributed by atoms with Crippen molar-refractivity contribution in [3.05, 3.63) is 48.6 Å². The molecule has 4 aliphatic rings. The van der Waals surface area contributed by atoms with Crippen molar-refractivity contribution in [1.82, 2.24) is 29.7 Å². The highest BCUT2D eigenvalue weighted by Crippen LogP contribution is 2.59. The van der Waals surface area contributed by atoms with Gasteiger partial charge in [-0.1, -0.05) is 69.3 Å². The molecule has 5 heterocycles. The number of para-hydroxylation sites is 1. The van der Waals surface area contributed by atoms with Crippen LogP contribution in [-0.4, -0.2) is 102 Å². The van der Waals surface area contributed by atoms with E-state index in [-0.39, 0.29) is 43.5 Å². The van der Waals surface area contributed by atoms with Crippen LogP contribution in [-0.2, 0) is 25.8 Å². The predicted molar refractivity (Wildman–Crippen MR) is 159 cm³/mol. The number of aliphatic hydroxyl groups is 1. The summed E-state index contributed by atoms with van der Waals surface area (Å²) < 4.78 is 8.73. The lowest BCUT2D eigenvalue weighted by molar-refractivity contribution is -0.158. The first-order valence-electron chi connectivity index (χ1n) is 15.6. The van der Waals surface area contributed by atoms with E-state index < -0.39 is 35.1 Å². The highest BCUT2D eigenvalue weighted by molar-refractivity contribution is 6.00. The molecule has 1 aromatic heterocycles. The summed E-state index contributed by atoms with van der Waals surface area (Å²) in [7, 11) is 0. The number of nitrogens with zero attached hydrogens (tertiary/aromatic N) is 6.